The molecular weight excluding hydrogens is 836 g/mol. The Kier molecular flexibility index (Phi) is 15.8. The second kappa shape index (κ2) is 14.5. The number of hydrogen-bond donors (Lipinski definition) is 0. The third-order valence-corrected chi connectivity index (χ3v) is 3.86. The molecule has 2 rings (SSSR count). The van der Waals surface area contributed by atoms with Crippen molar-refractivity contribution in [1.29, 1.82) is 0 Å². The van der Waals surface area contributed by atoms with Crippen LogP contribution < -0.4 is 0 Å². The average Bonchev–Trinajstić information content (AvgIpc) is 2.66. The van der Waals surface area contributed by atoms with Gasteiger partial charge in [0, 0.05) is 88.1 Å². The third kappa shape index (κ3) is 10.8. The van der Waals surface area contributed by atoms with Crippen LogP contribution in [0.25, 0.3) is 17.2 Å². The van der Waals surface area contributed by atoms with Crippen LogP contribution in [-0.2, 0) is 12.4 Å². The monoisotopic (exact) mass is 856 g/mol. The SMILES string of the molecule is CC=C([NH-])c1ccc(C(F)(F)F)cc1.CCC([NH-])c1ccc(C(F)(F)F)cc1.[Ac].[Ac]. The summed E-state index contributed by atoms with van der Waals surface area (Å²) in [5.74, 6) is 0. The molecule has 10 heteroatoms. The minimum Gasteiger partial charge on any atom is -0.699 e. The third-order valence-electron chi connectivity index (χ3n) is 3.86. The molecule has 0 fully saturated rings. The van der Waals surface area contributed by atoms with Crippen LogP contribution in [0.1, 0.15) is 48.6 Å². The van der Waals surface area contributed by atoms with Crippen molar-refractivity contribution in [3.05, 3.63) is 88.3 Å². The zero-order valence-corrected chi connectivity index (χ0v) is 25.9. The van der Waals surface area contributed by atoms with E-state index in [9.17, 15) is 26.3 Å². The topological polar surface area (TPSA) is 47.6 Å². The first-order valence-electron chi connectivity index (χ1n) is 8.34. The maximum absolute atomic E-state index is 12.2. The van der Waals surface area contributed by atoms with Crippen LogP contribution in [-0.4, -0.2) is 0 Å². The molecule has 2 nitrogen and oxygen atoms in total. The zero-order valence-electron chi connectivity index (χ0n) is 16.4. The molecule has 0 saturated heterocycles. The Bertz CT molecular complexity index is 770. The summed E-state index contributed by atoms with van der Waals surface area (Å²) >= 11 is 0. The number of halogens is 6. The van der Waals surface area contributed by atoms with Gasteiger partial charge in [0.2, 0.25) is 0 Å². The van der Waals surface area contributed by atoms with E-state index in [0.29, 0.717) is 17.5 Å². The fourth-order valence-corrected chi connectivity index (χ4v) is 2.15. The van der Waals surface area contributed by atoms with E-state index in [-0.39, 0.29) is 93.8 Å². The van der Waals surface area contributed by atoms with Gasteiger partial charge in [0.1, 0.15) is 0 Å². The second-order valence-electron chi connectivity index (χ2n) is 5.86. The summed E-state index contributed by atoms with van der Waals surface area (Å²) in [5.41, 5.74) is 14.9. The molecule has 0 saturated carbocycles. The predicted octanol–water partition coefficient (Wildman–Crippen LogP) is 8.33. The van der Waals surface area contributed by atoms with E-state index in [1.54, 1.807) is 6.92 Å². The molecular formula is C20H20Ac2F6N2-2. The van der Waals surface area contributed by atoms with Crippen molar-refractivity contribution in [2.75, 3.05) is 0 Å². The molecule has 0 aromatic heterocycles. The molecule has 2 N–H and O–H groups in total. The van der Waals surface area contributed by atoms with Gasteiger partial charge in [-0.05, 0) is 36.8 Å². The van der Waals surface area contributed by atoms with Crippen molar-refractivity contribution < 1.29 is 114 Å². The molecule has 2 radical (unpaired) electrons. The Morgan fingerprint density at radius 2 is 1.20 bits per heavy atom. The first-order valence-corrected chi connectivity index (χ1v) is 8.34. The molecule has 30 heavy (non-hydrogen) atoms. The van der Waals surface area contributed by atoms with Gasteiger partial charge in [0.15, 0.2) is 0 Å². The van der Waals surface area contributed by atoms with Crippen LogP contribution in [0.3, 0.4) is 0 Å². The van der Waals surface area contributed by atoms with Gasteiger partial charge in [-0.25, -0.2) is 0 Å². The normalized spacial score (nSPS) is 12.6. The van der Waals surface area contributed by atoms with E-state index in [4.69, 9.17) is 11.5 Å². The summed E-state index contributed by atoms with van der Waals surface area (Å²) in [7, 11) is 0. The standard InChI is InChI=1S/C10H11F3N.C10H9F3N.2Ac/c2*1-2-9(14)7-3-5-8(6-4-7)10(11,12)13;;/h3-6,9,14H,2H2,1H3;2-6,14H,1H3;;/q2*-1;;. The first-order chi connectivity index (χ1) is 12.9. The van der Waals surface area contributed by atoms with E-state index in [1.165, 1.54) is 30.3 Å². The van der Waals surface area contributed by atoms with Crippen LogP contribution >= 0.6 is 0 Å². The van der Waals surface area contributed by atoms with Crippen molar-refractivity contribution in [3.8, 4) is 0 Å². The second-order valence-corrected chi connectivity index (χ2v) is 5.86. The number of rotatable bonds is 3. The number of hydrogen-bond acceptors (Lipinski definition) is 0. The molecule has 160 valence electrons. The summed E-state index contributed by atoms with van der Waals surface area (Å²) in [4.78, 5) is 0. The largest absolute Gasteiger partial charge is 0.699 e. The van der Waals surface area contributed by atoms with Crippen LogP contribution in [0, 0.1) is 88.1 Å². The minimum absolute atomic E-state index is 0. The van der Waals surface area contributed by atoms with Gasteiger partial charge in [-0.2, -0.15) is 26.3 Å². The average molecular weight is 856 g/mol. The van der Waals surface area contributed by atoms with E-state index >= 15 is 0 Å². The van der Waals surface area contributed by atoms with Crippen molar-refractivity contribution in [2.24, 2.45) is 0 Å². The Morgan fingerprint density at radius 3 is 1.50 bits per heavy atom. The quantitative estimate of drug-likeness (QED) is 0.279. The van der Waals surface area contributed by atoms with Gasteiger partial charge in [-0.3, -0.25) is 0 Å². The zero-order chi connectivity index (χ0) is 21.5. The van der Waals surface area contributed by atoms with Gasteiger partial charge < -0.3 is 11.5 Å². The van der Waals surface area contributed by atoms with Crippen LogP contribution in [0.5, 0.6) is 0 Å². The minimum atomic E-state index is -4.31. The van der Waals surface area contributed by atoms with E-state index in [1.807, 2.05) is 6.92 Å². The van der Waals surface area contributed by atoms with Gasteiger partial charge in [-0.15, -0.1) is 17.8 Å². The summed E-state index contributed by atoms with van der Waals surface area (Å²) in [5, 5.41) is 0. The number of benzene rings is 2. The van der Waals surface area contributed by atoms with Crippen molar-refractivity contribution in [1.82, 2.24) is 0 Å². The fraction of sp³-hybridized carbons (Fsp3) is 0.300. The Balaban J connectivity index is 0. The number of allylic oxidation sites excluding steroid dienone is 1. The summed E-state index contributed by atoms with van der Waals surface area (Å²) < 4.78 is 72.9. The summed E-state index contributed by atoms with van der Waals surface area (Å²) in [6.45, 7) is 3.50. The maximum Gasteiger partial charge on any atom is 0.416 e. The van der Waals surface area contributed by atoms with Crippen molar-refractivity contribution in [3.63, 3.8) is 0 Å². The fourth-order valence-electron chi connectivity index (χ4n) is 2.15. The van der Waals surface area contributed by atoms with Crippen LogP contribution in [0.15, 0.2) is 54.6 Å². The van der Waals surface area contributed by atoms with E-state index < -0.39 is 29.5 Å². The number of nitrogens with one attached hydrogen (secondary N) is 2. The molecule has 0 bridgehead atoms. The van der Waals surface area contributed by atoms with E-state index in [2.05, 4.69) is 0 Å². The summed E-state index contributed by atoms with van der Waals surface area (Å²) in [6, 6.07) is 8.89. The molecule has 0 aliphatic heterocycles. The van der Waals surface area contributed by atoms with Crippen molar-refractivity contribution >= 4 is 5.70 Å². The maximum atomic E-state index is 12.2. The first kappa shape index (κ1) is 32.6. The Hall–Kier alpha value is 0.403. The molecule has 0 spiro atoms. The molecule has 2 aromatic rings. The Morgan fingerprint density at radius 1 is 0.833 bits per heavy atom. The smallest absolute Gasteiger partial charge is 0.416 e. The molecule has 0 heterocycles. The Labute approximate surface area is 244 Å². The van der Waals surface area contributed by atoms with Crippen LogP contribution in [0.4, 0.5) is 26.3 Å². The molecule has 0 aliphatic carbocycles. The van der Waals surface area contributed by atoms with E-state index in [0.717, 1.165) is 24.3 Å². The summed E-state index contributed by atoms with van der Waals surface area (Å²) in [6.07, 6.45) is -6.47. The molecule has 1 atom stereocenters. The molecule has 1 unspecified atom stereocenters. The molecule has 0 amide bonds. The molecule has 2 aromatic carbocycles. The van der Waals surface area contributed by atoms with Gasteiger partial charge in [0.05, 0.1) is 11.1 Å². The van der Waals surface area contributed by atoms with Gasteiger partial charge in [-0.1, -0.05) is 43.2 Å². The molecule has 0 aliphatic rings. The van der Waals surface area contributed by atoms with Crippen molar-refractivity contribution in [2.45, 2.75) is 38.7 Å². The van der Waals surface area contributed by atoms with Crippen LogP contribution in [0.2, 0.25) is 0 Å². The van der Waals surface area contributed by atoms with Gasteiger partial charge in [0.25, 0.3) is 0 Å². The number of alkyl halides is 6. The van der Waals surface area contributed by atoms with Gasteiger partial charge >= 0.3 is 12.4 Å². The predicted molar refractivity (Wildman–Crippen MR) is 98.2 cm³/mol.